The fraction of sp³-hybridized carbons (Fsp3) is 0.125. The molecule has 9 heteroatoms. The Bertz CT molecular complexity index is 1090. The summed E-state index contributed by atoms with van der Waals surface area (Å²) >= 11 is 12.4. The van der Waals surface area contributed by atoms with Crippen molar-refractivity contribution in [2.75, 3.05) is 13.7 Å². The van der Waals surface area contributed by atoms with Gasteiger partial charge in [0.2, 0.25) is 0 Å². The molecule has 1 amide bonds. The molecule has 0 aliphatic heterocycles. The first-order valence-corrected chi connectivity index (χ1v) is 10.5. The van der Waals surface area contributed by atoms with Crippen molar-refractivity contribution in [1.29, 1.82) is 0 Å². The molecule has 3 aromatic carbocycles. The number of hydrogen-bond acceptors (Lipinski definition) is 6. The third kappa shape index (κ3) is 5.70. The Balaban J connectivity index is 1.80. The fourth-order valence-corrected chi connectivity index (χ4v) is 3.63. The number of hydrazone groups is 1. The first-order chi connectivity index (χ1) is 15.9. The van der Waals surface area contributed by atoms with Crippen molar-refractivity contribution in [1.82, 2.24) is 5.43 Å². The van der Waals surface area contributed by atoms with Gasteiger partial charge in [0.1, 0.15) is 0 Å². The number of carbonyl (C=O) groups is 2. The molecule has 0 aliphatic rings. The standard InChI is InChI=1S/C24H20Cl2N2O5/c1-32-21(29)15-33-22-19(25)12-16(13-20(22)26)14-27-28-23(30)24(31,17-8-4-2-5-9-17)18-10-6-3-7-11-18/h2-14,31H,15H2,1H3,(H,28,30)/b27-14-. The molecule has 3 rings (SSSR count). The van der Waals surface area contributed by atoms with Gasteiger partial charge in [-0.25, -0.2) is 10.2 Å². The maximum Gasteiger partial charge on any atom is 0.343 e. The lowest BCUT2D eigenvalue weighted by molar-refractivity contribution is -0.143. The van der Waals surface area contributed by atoms with Gasteiger partial charge in [0, 0.05) is 0 Å². The average molecular weight is 487 g/mol. The summed E-state index contributed by atoms with van der Waals surface area (Å²) in [4.78, 5) is 24.3. The molecule has 0 saturated heterocycles. The molecular weight excluding hydrogens is 467 g/mol. The summed E-state index contributed by atoms with van der Waals surface area (Å²) in [6, 6.07) is 20.1. The van der Waals surface area contributed by atoms with Crippen molar-refractivity contribution >= 4 is 41.3 Å². The number of nitrogens with zero attached hydrogens (tertiary/aromatic N) is 1. The summed E-state index contributed by atoms with van der Waals surface area (Å²) in [6.45, 7) is -0.350. The minimum atomic E-state index is -1.96. The highest BCUT2D eigenvalue weighted by Crippen LogP contribution is 2.34. The van der Waals surface area contributed by atoms with E-state index in [-0.39, 0.29) is 22.4 Å². The number of amides is 1. The Hall–Kier alpha value is -3.39. The van der Waals surface area contributed by atoms with E-state index in [4.69, 9.17) is 27.9 Å². The second-order valence-electron chi connectivity index (χ2n) is 6.82. The quantitative estimate of drug-likeness (QED) is 0.285. The lowest BCUT2D eigenvalue weighted by atomic mass is 9.85. The number of aliphatic hydroxyl groups is 1. The van der Waals surface area contributed by atoms with Crippen LogP contribution in [0.2, 0.25) is 10.0 Å². The van der Waals surface area contributed by atoms with Crippen LogP contribution in [0.25, 0.3) is 0 Å². The van der Waals surface area contributed by atoms with Crippen LogP contribution in [0.5, 0.6) is 5.75 Å². The van der Waals surface area contributed by atoms with Crippen LogP contribution in [0.4, 0.5) is 0 Å². The lowest BCUT2D eigenvalue weighted by Crippen LogP contribution is -2.43. The summed E-state index contributed by atoms with van der Waals surface area (Å²) in [5.41, 5.74) is 1.65. The minimum Gasteiger partial charge on any atom is -0.479 e. The zero-order valence-corrected chi connectivity index (χ0v) is 19.0. The molecule has 0 bridgehead atoms. The van der Waals surface area contributed by atoms with E-state index in [1.54, 1.807) is 60.7 Å². The van der Waals surface area contributed by atoms with Gasteiger partial charge in [-0.15, -0.1) is 0 Å². The summed E-state index contributed by atoms with van der Waals surface area (Å²) < 4.78 is 9.79. The molecule has 0 atom stereocenters. The third-order valence-corrected chi connectivity index (χ3v) is 5.24. The van der Waals surface area contributed by atoms with Crippen molar-refractivity contribution < 1.29 is 24.2 Å². The van der Waals surface area contributed by atoms with Gasteiger partial charge in [-0.2, -0.15) is 5.10 Å². The normalized spacial score (nSPS) is 11.3. The number of esters is 1. The molecular formula is C24H20Cl2N2O5. The molecule has 0 saturated carbocycles. The van der Waals surface area contributed by atoms with Crippen LogP contribution in [0.1, 0.15) is 16.7 Å². The predicted octanol–water partition coefficient (Wildman–Crippen LogP) is 3.93. The summed E-state index contributed by atoms with van der Waals surface area (Å²) in [6.07, 6.45) is 1.32. The highest BCUT2D eigenvalue weighted by molar-refractivity contribution is 6.37. The number of halogens is 2. The number of rotatable bonds is 8. The van der Waals surface area contributed by atoms with Gasteiger partial charge in [-0.05, 0) is 28.8 Å². The van der Waals surface area contributed by atoms with E-state index in [1.807, 2.05) is 0 Å². The minimum absolute atomic E-state index is 0.118. The maximum atomic E-state index is 13.0. The van der Waals surface area contributed by atoms with Gasteiger partial charge >= 0.3 is 5.97 Å². The highest BCUT2D eigenvalue weighted by Gasteiger charge is 2.39. The molecule has 0 aromatic heterocycles. The molecule has 2 N–H and O–H groups in total. The van der Waals surface area contributed by atoms with E-state index >= 15 is 0 Å². The number of methoxy groups -OCH3 is 1. The van der Waals surface area contributed by atoms with E-state index < -0.39 is 17.5 Å². The van der Waals surface area contributed by atoms with Crippen LogP contribution in [0, 0.1) is 0 Å². The predicted molar refractivity (Wildman–Crippen MR) is 126 cm³/mol. The van der Waals surface area contributed by atoms with Gasteiger partial charge in [-0.1, -0.05) is 83.9 Å². The van der Waals surface area contributed by atoms with Crippen LogP contribution in [-0.2, 0) is 19.9 Å². The molecule has 0 heterocycles. The van der Waals surface area contributed by atoms with E-state index in [1.165, 1.54) is 25.5 Å². The van der Waals surface area contributed by atoms with E-state index in [0.29, 0.717) is 16.7 Å². The molecule has 0 aliphatic carbocycles. The Morgan fingerprint density at radius 2 is 1.52 bits per heavy atom. The molecule has 0 unspecified atom stereocenters. The van der Waals surface area contributed by atoms with Gasteiger partial charge in [0.25, 0.3) is 5.91 Å². The molecule has 3 aromatic rings. The summed E-state index contributed by atoms with van der Waals surface area (Å²) in [7, 11) is 1.24. The van der Waals surface area contributed by atoms with Crippen LogP contribution in [0.3, 0.4) is 0 Å². The summed E-state index contributed by atoms with van der Waals surface area (Å²) in [5, 5.41) is 15.6. The van der Waals surface area contributed by atoms with Gasteiger partial charge in [0.15, 0.2) is 18.0 Å². The molecule has 0 spiro atoms. The second kappa shape index (κ2) is 11.0. The SMILES string of the molecule is COC(=O)COc1c(Cl)cc(/C=N\NC(=O)C(O)(c2ccccc2)c2ccccc2)cc1Cl. The molecule has 33 heavy (non-hydrogen) atoms. The smallest absolute Gasteiger partial charge is 0.343 e. The van der Waals surface area contributed by atoms with E-state index in [0.717, 1.165) is 0 Å². The number of ether oxygens (including phenoxy) is 2. The largest absolute Gasteiger partial charge is 0.479 e. The van der Waals surface area contributed by atoms with Crippen LogP contribution >= 0.6 is 23.2 Å². The zero-order chi connectivity index (χ0) is 23.8. The Kier molecular flexibility index (Phi) is 8.06. The van der Waals surface area contributed by atoms with Crippen molar-refractivity contribution in [3.05, 3.63) is 99.5 Å². The van der Waals surface area contributed by atoms with Crippen molar-refractivity contribution in [3.8, 4) is 5.75 Å². The lowest BCUT2D eigenvalue weighted by Gasteiger charge is -2.27. The van der Waals surface area contributed by atoms with Gasteiger partial charge in [-0.3, -0.25) is 4.79 Å². The van der Waals surface area contributed by atoms with Gasteiger partial charge < -0.3 is 14.6 Å². The monoisotopic (exact) mass is 486 g/mol. The first-order valence-electron chi connectivity index (χ1n) is 9.72. The number of hydrogen-bond donors (Lipinski definition) is 2. The molecule has 0 fully saturated rings. The maximum absolute atomic E-state index is 13.0. The van der Waals surface area contributed by atoms with Crippen molar-refractivity contribution in [2.45, 2.75) is 5.60 Å². The summed E-state index contributed by atoms with van der Waals surface area (Å²) in [5.74, 6) is -1.21. The van der Waals surface area contributed by atoms with Crippen LogP contribution in [-0.4, -0.2) is 36.9 Å². The molecule has 0 radical (unpaired) electrons. The Labute approximate surface area is 200 Å². The number of carbonyl (C=O) groups excluding carboxylic acids is 2. The van der Waals surface area contributed by atoms with Crippen LogP contribution in [0.15, 0.2) is 77.9 Å². The van der Waals surface area contributed by atoms with Crippen molar-refractivity contribution in [3.63, 3.8) is 0 Å². The Morgan fingerprint density at radius 1 is 1.00 bits per heavy atom. The number of benzene rings is 3. The highest BCUT2D eigenvalue weighted by atomic mass is 35.5. The Morgan fingerprint density at radius 3 is 2.00 bits per heavy atom. The molecule has 7 nitrogen and oxygen atoms in total. The van der Waals surface area contributed by atoms with Crippen LogP contribution < -0.4 is 10.2 Å². The van der Waals surface area contributed by atoms with Crippen molar-refractivity contribution in [2.24, 2.45) is 5.10 Å². The topological polar surface area (TPSA) is 97.2 Å². The van der Waals surface area contributed by atoms with E-state index in [2.05, 4.69) is 15.3 Å². The van der Waals surface area contributed by atoms with Gasteiger partial charge in [0.05, 0.1) is 23.4 Å². The first kappa shape index (κ1) is 24.3. The zero-order valence-electron chi connectivity index (χ0n) is 17.5. The second-order valence-corrected chi connectivity index (χ2v) is 7.63. The average Bonchev–Trinajstić information content (AvgIpc) is 2.83. The fourth-order valence-electron chi connectivity index (χ4n) is 3.02. The van der Waals surface area contributed by atoms with E-state index in [9.17, 15) is 14.7 Å². The number of nitrogens with one attached hydrogen (secondary N) is 1. The molecule has 170 valence electrons. The third-order valence-electron chi connectivity index (χ3n) is 4.67.